The van der Waals surface area contributed by atoms with Gasteiger partial charge in [-0.25, -0.2) is 0 Å². The van der Waals surface area contributed by atoms with Crippen LogP contribution in [-0.2, 0) is 6.54 Å². The number of hydrogen-bond donors (Lipinski definition) is 2. The Hall–Kier alpha value is -3.65. The van der Waals surface area contributed by atoms with Gasteiger partial charge in [0, 0.05) is 28.3 Å². The Morgan fingerprint density at radius 3 is 2.53 bits per heavy atom. The monoisotopic (exact) mass is 493 g/mol. The number of aryl methyl sites for hydroxylation is 1. The van der Waals surface area contributed by atoms with Gasteiger partial charge < -0.3 is 19.6 Å². The minimum atomic E-state index is -0.310. The first kappa shape index (κ1) is 21.6. The fourth-order valence-electron chi connectivity index (χ4n) is 3.27. The van der Waals surface area contributed by atoms with Gasteiger partial charge in [0.05, 0.1) is 12.7 Å². The summed E-state index contributed by atoms with van der Waals surface area (Å²) in [6.07, 6.45) is 1.52. The number of carbonyl (C=O) groups is 2. The molecule has 162 valence electrons. The highest BCUT2D eigenvalue weighted by atomic mass is 79.9. The van der Waals surface area contributed by atoms with Gasteiger partial charge >= 0.3 is 0 Å². The molecule has 2 aromatic carbocycles. The standard InChI is InChI=1S/C24H20BrN3O4/c1-14-21(22(28-32-14)16-5-7-18(25)8-6-16)23(29)17-11-20(26-13-17)24(30)27-12-15-3-9-19(31-2)10-4-15/h3-11,13,26H,12H2,1-2H3,(H,27,30). The number of nitrogens with zero attached hydrogens (tertiary/aromatic N) is 1. The highest BCUT2D eigenvalue weighted by Crippen LogP contribution is 2.28. The number of rotatable bonds is 7. The number of ketones is 1. The zero-order valence-electron chi connectivity index (χ0n) is 17.4. The quantitative estimate of drug-likeness (QED) is 0.356. The Labute approximate surface area is 192 Å². The van der Waals surface area contributed by atoms with Crippen molar-refractivity contribution in [2.24, 2.45) is 0 Å². The Balaban J connectivity index is 1.50. The van der Waals surface area contributed by atoms with Gasteiger partial charge in [0.25, 0.3) is 5.91 Å². The van der Waals surface area contributed by atoms with E-state index in [0.717, 1.165) is 21.3 Å². The molecule has 0 fully saturated rings. The minimum Gasteiger partial charge on any atom is -0.497 e. The highest BCUT2D eigenvalue weighted by molar-refractivity contribution is 9.10. The maximum Gasteiger partial charge on any atom is 0.267 e. The van der Waals surface area contributed by atoms with E-state index in [9.17, 15) is 9.59 Å². The Bertz CT molecular complexity index is 1260. The Morgan fingerprint density at radius 2 is 1.84 bits per heavy atom. The molecule has 2 heterocycles. The first-order valence-corrected chi connectivity index (χ1v) is 10.6. The van der Waals surface area contributed by atoms with Crippen molar-refractivity contribution in [2.75, 3.05) is 7.11 Å². The molecule has 7 nitrogen and oxygen atoms in total. The molecule has 0 radical (unpaired) electrons. The van der Waals surface area contributed by atoms with Gasteiger partial charge in [-0.05, 0) is 42.8 Å². The van der Waals surface area contributed by atoms with Crippen LogP contribution in [0.2, 0.25) is 0 Å². The van der Waals surface area contributed by atoms with Crippen molar-refractivity contribution in [3.05, 3.63) is 93.4 Å². The molecular weight excluding hydrogens is 474 g/mol. The van der Waals surface area contributed by atoms with Gasteiger partial charge in [0.1, 0.15) is 22.9 Å². The molecule has 2 N–H and O–H groups in total. The number of benzene rings is 2. The minimum absolute atomic E-state index is 0.271. The second-order valence-corrected chi connectivity index (χ2v) is 8.05. The summed E-state index contributed by atoms with van der Waals surface area (Å²) in [4.78, 5) is 28.6. The number of carbonyl (C=O) groups excluding carboxylic acids is 2. The summed E-state index contributed by atoms with van der Waals surface area (Å²) >= 11 is 3.40. The maximum absolute atomic E-state index is 13.2. The number of ether oxygens (including phenoxy) is 1. The average molecular weight is 494 g/mol. The van der Waals surface area contributed by atoms with Crippen LogP contribution >= 0.6 is 15.9 Å². The maximum atomic E-state index is 13.2. The van der Waals surface area contributed by atoms with Crippen LogP contribution in [0.15, 0.2) is 69.8 Å². The van der Waals surface area contributed by atoms with E-state index in [0.29, 0.717) is 34.8 Å². The molecule has 0 aliphatic rings. The van der Waals surface area contributed by atoms with Crippen LogP contribution in [0.1, 0.15) is 37.7 Å². The van der Waals surface area contributed by atoms with Crippen molar-refractivity contribution in [1.29, 1.82) is 0 Å². The van der Waals surface area contributed by atoms with E-state index in [4.69, 9.17) is 9.26 Å². The van der Waals surface area contributed by atoms with Crippen molar-refractivity contribution >= 4 is 27.6 Å². The second-order valence-electron chi connectivity index (χ2n) is 7.13. The van der Waals surface area contributed by atoms with Crippen LogP contribution in [0.25, 0.3) is 11.3 Å². The topological polar surface area (TPSA) is 97.2 Å². The van der Waals surface area contributed by atoms with Gasteiger partial charge in [-0.2, -0.15) is 0 Å². The van der Waals surface area contributed by atoms with Crippen molar-refractivity contribution in [2.45, 2.75) is 13.5 Å². The number of aromatic nitrogens is 2. The largest absolute Gasteiger partial charge is 0.497 e. The van der Waals surface area contributed by atoms with Crippen molar-refractivity contribution in [3.63, 3.8) is 0 Å². The number of halogens is 1. The van der Waals surface area contributed by atoms with E-state index in [1.165, 1.54) is 12.3 Å². The van der Waals surface area contributed by atoms with Crippen LogP contribution < -0.4 is 10.1 Å². The molecule has 4 rings (SSSR count). The van der Waals surface area contributed by atoms with Gasteiger partial charge in [-0.3, -0.25) is 9.59 Å². The summed E-state index contributed by atoms with van der Waals surface area (Å²) in [5.74, 6) is 0.584. The van der Waals surface area contributed by atoms with E-state index < -0.39 is 0 Å². The molecule has 32 heavy (non-hydrogen) atoms. The van der Waals surface area contributed by atoms with Crippen LogP contribution in [0, 0.1) is 6.92 Å². The zero-order chi connectivity index (χ0) is 22.7. The molecule has 4 aromatic rings. The molecule has 0 aliphatic carbocycles. The third-order valence-electron chi connectivity index (χ3n) is 5.01. The summed E-state index contributed by atoms with van der Waals surface area (Å²) in [6, 6.07) is 16.4. The molecule has 0 bridgehead atoms. The highest BCUT2D eigenvalue weighted by Gasteiger charge is 2.24. The first-order chi connectivity index (χ1) is 15.5. The van der Waals surface area contributed by atoms with Gasteiger partial charge in [0.15, 0.2) is 5.78 Å². The lowest BCUT2D eigenvalue weighted by molar-refractivity contribution is 0.0946. The lowest BCUT2D eigenvalue weighted by Gasteiger charge is -2.05. The number of H-pyrrole nitrogens is 1. The summed E-state index contributed by atoms with van der Waals surface area (Å²) in [5, 5.41) is 6.91. The molecule has 2 aromatic heterocycles. The second kappa shape index (κ2) is 9.23. The zero-order valence-corrected chi connectivity index (χ0v) is 19.0. The molecule has 8 heteroatoms. The lowest BCUT2D eigenvalue weighted by Crippen LogP contribution is -2.23. The molecular formula is C24H20BrN3O4. The number of nitrogens with one attached hydrogen (secondary N) is 2. The third-order valence-corrected chi connectivity index (χ3v) is 5.54. The predicted octanol–water partition coefficient (Wildman–Crippen LogP) is 4.91. The molecule has 0 spiro atoms. The van der Waals surface area contributed by atoms with Crippen LogP contribution in [0.4, 0.5) is 0 Å². The summed E-state index contributed by atoms with van der Waals surface area (Å²) in [5.41, 5.74) is 3.18. The van der Waals surface area contributed by atoms with Crippen molar-refractivity contribution in [3.8, 4) is 17.0 Å². The van der Waals surface area contributed by atoms with Crippen molar-refractivity contribution in [1.82, 2.24) is 15.5 Å². The number of hydrogen-bond acceptors (Lipinski definition) is 5. The molecule has 0 unspecified atom stereocenters. The third kappa shape index (κ3) is 4.50. The number of methoxy groups -OCH3 is 1. The average Bonchev–Trinajstić information content (AvgIpc) is 3.45. The van der Waals surface area contributed by atoms with E-state index in [1.54, 1.807) is 14.0 Å². The molecule has 1 amide bonds. The summed E-state index contributed by atoms with van der Waals surface area (Å²) in [6.45, 7) is 2.04. The normalized spacial score (nSPS) is 10.7. The number of amides is 1. The van der Waals surface area contributed by atoms with Gasteiger partial charge in [-0.15, -0.1) is 0 Å². The number of aromatic amines is 1. The van der Waals surface area contributed by atoms with Gasteiger partial charge in [0.2, 0.25) is 0 Å². The first-order valence-electron chi connectivity index (χ1n) is 9.82. The van der Waals surface area contributed by atoms with Crippen LogP contribution in [0.3, 0.4) is 0 Å². The molecule has 0 aliphatic heterocycles. The fraction of sp³-hybridized carbons (Fsp3) is 0.125. The smallest absolute Gasteiger partial charge is 0.267 e. The summed E-state index contributed by atoms with van der Waals surface area (Å²) < 4.78 is 11.4. The lowest BCUT2D eigenvalue weighted by atomic mass is 9.99. The van der Waals surface area contributed by atoms with Crippen LogP contribution in [-0.4, -0.2) is 28.9 Å². The summed E-state index contributed by atoms with van der Waals surface area (Å²) in [7, 11) is 1.60. The van der Waals surface area contributed by atoms with Gasteiger partial charge in [-0.1, -0.05) is 45.4 Å². The van der Waals surface area contributed by atoms with E-state index in [2.05, 4.69) is 31.4 Å². The Kier molecular flexibility index (Phi) is 6.23. The molecule has 0 saturated carbocycles. The van der Waals surface area contributed by atoms with Crippen LogP contribution in [0.5, 0.6) is 5.75 Å². The fourth-order valence-corrected chi connectivity index (χ4v) is 3.53. The van der Waals surface area contributed by atoms with E-state index in [1.807, 2.05) is 48.5 Å². The Morgan fingerprint density at radius 1 is 1.12 bits per heavy atom. The van der Waals surface area contributed by atoms with E-state index in [-0.39, 0.29) is 11.7 Å². The predicted molar refractivity (Wildman–Crippen MR) is 123 cm³/mol. The molecule has 0 saturated heterocycles. The SMILES string of the molecule is COc1ccc(CNC(=O)c2cc(C(=O)c3c(-c4ccc(Br)cc4)noc3C)c[nH]2)cc1. The molecule has 0 atom stereocenters. The van der Waals surface area contributed by atoms with Crippen molar-refractivity contribution < 1.29 is 18.8 Å². The van der Waals surface area contributed by atoms with E-state index >= 15 is 0 Å².